The molecule has 0 aliphatic rings. The third kappa shape index (κ3) is 3.08. The summed E-state index contributed by atoms with van der Waals surface area (Å²) in [5, 5.41) is 2.88. The van der Waals surface area contributed by atoms with Crippen LogP contribution in [0.1, 0.15) is 10.4 Å². The average Bonchev–Trinajstić information content (AvgIpc) is 3.15. The molecule has 0 saturated heterocycles. The Kier molecular flexibility index (Phi) is 4.47. The summed E-state index contributed by atoms with van der Waals surface area (Å²) >= 11 is 0. The van der Waals surface area contributed by atoms with Gasteiger partial charge in [-0.2, -0.15) is 0 Å². The Morgan fingerprint density at radius 2 is 1.79 bits per heavy atom. The van der Waals surface area contributed by atoms with Crippen LogP contribution in [0.4, 0.5) is 5.69 Å². The Hall–Kier alpha value is -3.28. The van der Waals surface area contributed by atoms with Gasteiger partial charge in [0.2, 0.25) is 0 Å². The highest BCUT2D eigenvalue weighted by atomic mass is 16.5. The Balaban J connectivity index is 1.90. The standard InChI is InChI=1S/C18H17N3O3/c1-23-15-7-4-8-16(24-2)17(15)18(22)21-13-6-3-5-12(9-13)14-10-19-11-20-14/h3-11H,1-2H3,(H,19,20)(H,21,22). The molecule has 1 amide bonds. The average molecular weight is 323 g/mol. The van der Waals surface area contributed by atoms with Crippen molar-refractivity contribution in [3.63, 3.8) is 0 Å². The number of aromatic amines is 1. The highest BCUT2D eigenvalue weighted by molar-refractivity contribution is 6.08. The Morgan fingerprint density at radius 3 is 2.42 bits per heavy atom. The van der Waals surface area contributed by atoms with Gasteiger partial charge in [-0.1, -0.05) is 18.2 Å². The molecule has 3 aromatic rings. The van der Waals surface area contributed by atoms with Crippen molar-refractivity contribution in [1.82, 2.24) is 9.97 Å². The van der Waals surface area contributed by atoms with E-state index in [4.69, 9.17) is 9.47 Å². The zero-order valence-electron chi connectivity index (χ0n) is 13.4. The molecule has 2 N–H and O–H groups in total. The van der Waals surface area contributed by atoms with Crippen LogP contribution in [-0.2, 0) is 0 Å². The lowest BCUT2D eigenvalue weighted by molar-refractivity contribution is 0.102. The molecular formula is C18H17N3O3. The number of hydrogen-bond acceptors (Lipinski definition) is 4. The molecule has 0 unspecified atom stereocenters. The van der Waals surface area contributed by atoms with Crippen molar-refractivity contribution in [2.45, 2.75) is 0 Å². The van der Waals surface area contributed by atoms with Crippen LogP contribution in [0.5, 0.6) is 11.5 Å². The van der Waals surface area contributed by atoms with Gasteiger partial charge in [-0.05, 0) is 24.3 Å². The van der Waals surface area contributed by atoms with Crippen LogP contribution < -0.4 is 14.8 Å². The molecule has 0 aliphatic heterocycles. The van der Waals surface area contributed by atoms with Gasteiger partial charge in [-0.15, -0.1) is 0 Å². The molecule has 0 fully saturated rings. The fraction of sp³-hybridized carbons (Fsp3) is 0.111. The van der Waals surface area contributed by atoms with E-state index in [1.807, 2.05) is 24.3 Å². The van der Waals surface area contributed by atoms with Crippen LogP contribution in [0, 0.1) is 0 Å². The van der Waals surface area contributed by atoms with E-state index in [0.29, 0.717) is 22.7 Å². The van der Waals surface area contributed by atoms with E-state index in [2.05, 4.69) is 15.3 Å². The van der Waals surface area contributed by atoms with Crippen LogP contribution >= 0.6 is 0 Å². The number of nitrogens with zero attached hydrogens (tertiary/aromatic N) is 1. The predicted octanol–water partition coefficient (Wildman–Crippen LogP) is 3.35. The van der Waals surface area contributed by atoms with Gasteiger partial charge in [-0.25, -0.2) is 4.98 Å². The summed E-state index contributed by atoms with van der Waals surface area (Å²) in [6, 6.07) is 12.7. The van der Waals surface area contributed by atoms with Crippen molar-refractivity contribution in [3.8, 4) is 22.8 Å². The fourth-order valence-electron chi connectivity index (χ4n) is 2.45. The first-order valence-corrected chi connectivity index (χ1v) is 7.34. The van der Waals surface area contributed by atoms with E-state index < -0.39 is 0 Å². The minimum absolute atomic E-state index is 0.300. The first kappa shape index (κ1) is 15.6. The quantitative estimate of drug-likeness (QED) is 0.755. The first-order valence-electron chi connectivity index (χ1n) is 7.34. The van der Waals surface area contributed by atoms with Crippen molar-refractivity contribution >= 4 is 11.6 Å². The van der Waals surface area contributed by atoms with Gasteiger partial charge in [0.25, 0.3) is 5.91 Å². The molecule has 24 heavy (non-hydrogen) atoms. The number of carbonyl (C=O) groups excluding carboxylic acids is 1. The molecule has 6 nitrogen and oxygen atoms in total. The lowest BCUT2D eigenvalue weighted by atomic mass is 10.1. The molecule has 1 heterocycles. The Labute approximate surface area is 139 Å². The number of benzene rings is 2. The van der Waals surface area contributed by atoms with E-state index in [0.717, 1.165) is 11.3 Å². The van der Waals surface area contributed by atoms with Crippen molar-refractivity contribution < 1.29 is 14.3 Å². The van der Waals surface area contributed by atoms with Crippen molar-refractivity contribution in [2.24, 2.45) is 0 Å². The Bertz CT molecular complexity index is 822. The number of rotatable bonds is 5. The molecule has 2 aromatic carbocycles. The number of methoxy groups -OCH3 is 2. The van der Waals surface area contributed by atoms with Crippen LogP contribution in [0.15, 0.2) is 55.0 Å². The number of aromatic nitrogens is 2. The third-order valence-electron chi connectivity index (χ3n) is 3.58. The van der Waals surface area contributed by atoms with E-state index >= 15 is 0 Å². The maximum Gasteiger partial charge on any atom is 0.263 e. The molecular weight excluding hydrogens is 306 g/mol. The second-order valence-electron chi connectivity index (χ2n) is 5.04. The number of H-pyrrole nitrogens is 1. The summed E-state index contributed by atoms with van der Waals surface area (Å²) in [6.07, 6.45) is 3.34. The number of imidazole rings is 1. The third-order valence-corrected chi connectivity index (χ3v) is 3.58. The van der Waals surface area contributed by atoms with E-state index in [-0.39, 0.29) is 5.91 Å². The van der Waals surface area contributed by atoms with Gasteiger partial charge in [0.05, 0.1) is 32.4 Å². The summed E-state index contributed by atoms with van der Waals surface area (Å²) in [6.45, 7) is 0. The molecule has 3 rings (SSSR count). The molecule has 0 saturated carbocycles. The van der Waals surface area contributed by atoms with Gasteiger partial charge < -0.3 is 19.8 Å². The lowest BCUT2D eigenvalue weighted by Gasteiger charge is -2.13. The van der Waals surface area contributed by atoms with Crippen LogP contribution in [0.25, 0.3) is 11.3 Å². The SMILES string of the molecule is COc1cccc(OC)c1C(=O)Nc1cccc(-c2cnc[nH]2)c1. The number of nitrogens with one attached hydrogen (secondary N) is 2. The summed E-state index contributed by atoms with van der Waals surface area (Å²) in [5.41, 5.74) is 2.83. The normalized spacial score (nSPS) is 10.2. The summed E-state index contributed by atoms with van der Waals surface area (Å²) < 4.78 is 10.6. The van der Waals surface area contributed by atoms with Crippen LogP contribution in [0.3, 0.4) is 0 Å². The zero-order valence-corrected chi connectivity index (χ0v) is 13.4. The number of anilines is 1. The van der Waals surface area contributed by atoms with Crippen molar-refractivity contribution in [1.29, 1.82) is 0 Å². The topological polar surface area (TPSA) is 76.2 Å². The molecule has 6 heteroatoms. The molecule has 0 bridgehead atoms. The molecule has 0 atom stereocenters. The van der Waals surface area contributed by atoms with Gasteiger partial charge in [0.15, 0.2) is 0 Å². The minimum Gasteiger partial charge on any atom is -0.496 e. The van der Waals surface area contributed by atoms with Crippen molar-refractivity contribution in [3.05, 3.63) is 60.6 Å². The molecule has 0 radical (unpaired) electrons. The van der Waals surface area contributed by atoms with Gasteiger partial charge in [0.1, 0.15) is 17.1 Å². The number of hydrogen-bond donors (Lipinski definition) is 2. The smallest absolute Gasteiger partial charge is 0.263 e. The maximum absolute atomic E-state index is 12.7. The lowest BCUT2D eigenvalue weighted by Crippen LogP contribution is -2.14. The second kappa shape index (κ2) is 6.87. The number of amides is 1. The van der Waals surface area contributed by atoms with Crippen LogP contribution in [0.2, 0.25) is 0 Å². The zero-order chi connectivity index (χ0) is 16.9. The minimum atomic E-state index is -0.300. The monoisotopic (exact) mass is 323 g/mol. The predicted molar refractivity (Wildman–Crippen MR) is 91.5 cm³/mol. The van der Waals surface area contributed by atoms with E-state index in [1.165, 1.54) is 14.2 Å². The highest BCUT2D eigenvalue weighted by Gasteiger charge is 2.18. The van der Waals surface area contributed by atoms with Gasteiger partial charge in [0, 0.05) is 11.3 Å². The summed E-state index contributed by atoms with van der Waals surface area (Å²) in [7, 11) is 3.04. The first-order chi connectivity index (χ1) is 11.7. The Morgan fingerprint density at radius 1 is 1.08 bits per heavy atom. The fourth-order valence-corrected chi connectivity index (χ4v) is 2.45. The molecule has 1 aromatic heterocycles. The van der Waals surface area contributed by atoms with E-state index in [1.54, 1.807) is 30.7 Å². The second-order valence-corrected chi connectivity index (χ2v) is 5.04. The van der Waals surface area contributed by atoms with Gasteiger partial charge >= 0.3 is 0 Å². The van der Waals surface area contributed by atoms with Crippen LogP contribution in [-0.4, -0.2) is 30.1 Å². The number of carbonyl (C=O) groups is 1. The van der Waals surface area contributed by atoms with Gasteiger partial charge in [-0.3, -0.25) is 4.79 Å². The number of ether oxygens (including phenoxy) is 2. The largest absolute Gasteiger partial charge is 0.496 e. The van der Waals surface area contributed by atoms with E-state index in [9.17, 15) is 4.79 Å². The summed E-state index contributed by atoms with van der Waals surface area (Å²) in [5.74, 6) is 0.610. The molecule has 122 valence electrons. The highest BCUT2D eigenvalue weighted by Crippen LogP contribution is 2.29. The summed E-state index contributed by atoms with van der Waals surface area (Å²) in [4.78, 5) is 19.7. The molecule has 0 aliphatic carbocycles. The maximum atomic E-state index is 12.7. The molecule has 0 spiro atoms. The van der Waals surface area contributed by atoms with Crippen molar-refractivity contribution in [2.75, 3.05) is 19.5 Å².